The Balaban J connectivity index is 1.59. The zero-order chi connectivity index (χ0) is 22.9. The maximum Gasteiger partial charge on any atom is 0.305 e. The standard InChI is InChI=1S/C27H30FNO3/c1-20-23(11-7-12-25(20)21-9-5-4-6-10-21)19-32-24-15-14-22(26(28)17-24)18-29(2)16-8-13-27(30)31-3/h4-7,9-12,14-15,17H,8,13,16,18-19H2,1-3H3. The summed E-state index contributed by atoms with van der Waals surface area (Å²) in [6, 6.07) is 21.4. The molecule has 0 radical (unpaired) electrons. The molecule has 3 aromatic carbocycles. The predicted molar refractivity (Wildman–Crippen MR) is 125 cm³/mol. The highest BCUT2D eigenvalue weighted by molar-refractivity contribution is 5.69. The van der Waals surface area contributed by atoms with Gasteiger partial charge >= 0.3 is 5.97 Å². The molecule has 0 bridgehead atoms. The number of halogens is 1. The lowest BCUT2D eigenvalue weighted by Gasteiger charge is -2.17. The smallest absolute Gasteiger partial charge is 0.305 e. The van der Waals surface area contributed by atoms with E-state index in [1.807, 2.05) is 42.3 Å². The van der Waals surface area contributed by atoms with Crippen molar-refractivity contribution in [2.75, 3.05) is 20.7 Å². The lowest BCUT2D eigenvalue weighted by atomic mass is 9.97. The van der Waals surface area contributed by atoms with Gasteiger partial charge in [-0.2, -0.15) is 0 Å². The number of nitrogens with zero attached hydrogens (tertiary/aromatic N) is 1. The normalized spacial score (nSPS) is 10.9. The van der Waals surface area contributed by atoms with Crippen LogP contribution in [0.2, 0.25) is 0 Å². The van der Waals surface area contributed by atoms with E-state index in [0.717, 1.165) is 16.7 Å². The summed E-state index contributed by atoms with van der Waals surface area (Å²) in [5.74, 6) is -0.0168. The molecule has 5 heteroatoms. The Morgan fingerprint density at radius 1 is 1.00 bits per heavy atom. The molecule has 0 spiro atoms. The molecule has 0 aliphatic carbocycles. The van der Waals surface area contributed by atoms with Gasteiger partial charge in [-0.15, -0.1) is 0 Å². The molecule has 4 nitrogen and oxygen atoms in total. The van der Waals surface area contributed by atoms with Gasteiger partial charge in [-0.25, -0.2) is 4.39 Å². The fourth-order valence-corrected chi connectivity index (χ4v) is 3.64. The fraction of sp³-hybridized carbons (Fsp3) is 0.296. The molecule has 0 aromatic heterocycles. The number of carbonyl (C=O) groups is 1. The van der Waals surface area contributed by atoms with E-state index in [1.165, 1.54) is 18.7 Å². The summed E-state index contributed by atoms with van der Waals surface area (Å²) in [6.45, 7) is 3.61. The summed E-state index contributed by atoms with van der Waals surface area (Å²) in [5, 5.41) is 0. The molecule has 3 aromatic rings. The zero-order valence-corrected chi connectivity index (χ0v) is 18.9. The topological polar surface area (TPSA) is 38.8 Å². The van der Waals surface area contributed by atoms with Crippen LogP contribution in [0.15, 0.2) is 66.7 Å². The van der Waals surface area contributed by atoms with Crippen LogP contribution in [0.25, 0.3) is 11.1 Å². The van der Waals surface area contributed by atoms with Crippen LogP contribution in [-0.2, 0) is 22.7 Å². The Morgan fingerprint density at radius 2 is 1.78 bits per heavy atom. The number of methoxy groups -OCH3 is 1. The Bertz CT molecular complexity index is 1040. The van der Waals surface area contributed by atoms with E-state index < -0.39 is 0 Å². The van der Waals surface area contributed by atoms with Crippen LogP contribution in [0.1, 0.15) is 29.5 Å². The number of esters is 1. The van der Waals surface area contributed by atoms with E-state index >= 15 is 0 Å². The first kappa shape index (κ1) is 23.5. The fourth-order valence-electron chi connectivity index (χ4n) is 3.64. The van der Waals surface area contributed by atoms with Gasteiger partial charge in [0.05, 0.1) is 7.11 Å². The summed E-state index contributed by atoms with van der Waals surface area (Å²) in [5.41, 5.74) is 5.16. The average Bonchev–Trinajstić information content (AvgIpc) is 2.80. The Kier molecular flexibility index (Phi) is 8.40. The molecule has 0 amide bonds. The highest BCUT2D eigenvalue weighted by atomic mass is 19.1. The summed E-state index contributed by atoms with van der Waals surface area (Å²) in [6.07, 6.45) is 1.04. The van der Waals surface area contributed by atoms with Gasteiger partial charge in [-0.3, -0.25) is 4.79 Å². The number of hydrogen-bond acceptors (Lipinski definition) is 4. The van der Waals surface area contributed by atoms with Crippen molar-refractivity contribution in [2.45, 2.75) is 32.9 Å². The molecule has 168 valence electrons. The van der Waals surface area contributed by atoms with E-state index in [1.54, 1.807) is 12.1 Å². The number of carbonyl (C=O) groups excluding carboxylic acids is 1. The molecule has 0 saturated carbocycles. The number of rotatable bonds is 10. The van der Waals surface area contributed by atoms with Crippen molar-refractivity contribution in [1.29, 1.82) is 0 Å². The summed E-state index contributed by atoms with van der Waals surface area (Å²) in [4.78, 5) is 13.2. The number of hydrogen-bond donors (Lipinski definition) is 0. The second-order valence-corrected chi connectivity index (χ2v) is 7.92. The van der Waals surface area contributed by atoms with E-state index in [9.17, 15) is 9.18 Å². The zero-order valence-electron chi connectivity index (χ0n) is 18.9. The molecule has 0 unspecified atom stereocenters. The SMILES string of the molecule is COC(=O)CCCN(C)Cc1ccc(OCc2cccc(-c3ccccc3)c2C)cc1F. The maximum absolute atomic E-state index is 14.6. The number of benzene rings is 3. The molecule has 3 rings (SSSR count). The van der Waals surface area contributed by atoms with Crippen molar-refractivity contribution >= 4 is 5.97 Å². The van der Waals surface area contributed by atoms with Crippen LogP contribution in [0.3, 0.4) is 0 Å². The van der Waals surface area contributed by atoms with E-state index in [0.29, 0.717) is 43.9 Å². The second-order valence-electron chi connectivity index (χ2n) is 7.92. The van der Waals surface area contributed by atoms with Gasteiger partial charge in [0.25, 0.3) is 0 Å². The van der Waals surface area contributed by atoms with Gasteiger partial charge in [0.2, 0.25) is 0 Å². The lowest BCUT2D eigenvalue weighted by molar-refractivity contribution is -0.140. The minimum Gasteiger partial charge on any atom is -0.489 e. The van der Waals surface area contributed by atoms with Crippen molar-refractivity contribution < 1.29 is 18.7 Å². The van der Waals surface area contributed by atoms with Gasteiger partial charge in [0.15, 0.2) is 0 Å². The first-order valence-corrected chi connectivity index (χ1v) is 10.8. The van der Waals surface area contributed by atoms with Crippen LogP contribution in [0.5, 0.6) is 5.75 Å². The van der Waals surface area contributed by atoms with Gasteiger partial charge in [0.1, 0.15) is 18.2 Å². The minimum absolute atomic E-state index is 0.226. The van der Waals surface area contributed by atoms with E-state index in [4.69, 9.17) is 4.74 Å². The monoisotopic (exact) mass is 435 g/mol. The first-order chi connectivity index (χ1) is 15.5. The van der Waals surface area contributed by atoms with Crippen LogP contribution in [0, 0.1) is 12.7 Å². The van der Waals surface area contributed by atoms with Crippen molar-refractivity contribution in [3.8, 4) is 16.9 Å². The molecule has 0 heterocycles. The van der Waals surface area contributed by atoms with Gasteiger partial charge in [-0.05, 0) is 55.3 Å². The Hall–Kier alpha value is -3.18. The third-order valence-electron chi connectivity index (χ3n) is 5.54. The molecular formula is C27H30FNO3. The average molecular weight is 436 g/mol. The Morgan fingerprint density at radius 3 is 2.50 bits per heavy atom. The maximum atomic E-state index is 14.6. The van der Waals surface area contributed by atoms with Crippen molar-refractivity contribution in [1.82, 2.24) is 4.90 Å². The van der Waals surface area contributed by atoms with Gasteiger partial charge < -0.3 is 14.4 Å². The van der Waals surface area contributed by atoms with Crippen LogP contribution < -0.4 is 4.74 Å². The minimum atomic E-state index is -0.294. The molecule has 0 atom stereocenters. The predicted octanol–water partition coefficient (Wildman–Crippen LogP) is 5.77. The highest BCUT2D eigenvalue weighted by Crippen LogP contribution is 2.27. The van der Waals surface area contributed by atoms with Gasteiger partial charge in [0, 0.05) is 24.6 Å². The second kappa shape index (κ2) is 11.4. The lowest BCUT2D eigenvalue weighted by Crippen LogP contribution is -2.20. The molecule has 32 heavy (non-hydrogen) atoms. The van der Waals surface area contributed by atoms with Crippen molar-refractivity contribution in [3.05, 3.63) is 89.2 Å². The van der Waals surface area contributed by atoms with Crippen LogP contribution >= 0.6 is 0 Å². The third kappa shape index (κ3) is 6.41. The number of ether oxygens (including phenoxy) is 2. The summed E-state index contributed by atoms with van der Waals surface area (Å²) >= 11 is 0. The third-order valence-corrected chi connectivity index (χ3v) is 5.54. The molecular weight excluding hydrogens is 405 g/mol. The first-order valence-electron chi connectivity index (χ1n) is 10.8. The van der Waals surface area contributed by atoms with Crippen molar-refractivity contribution in [3.63, 3.8) is 0 Å². The molecule has 0 fully saturated rings. The van der Waals surface area contributed by atoms with E-state index in [2.05, 4.69) is 29.9 Å². The molecule has 0 N–H and O–H groups in total. The molecule has 0 aliphatic rings. The van der Waals surface area contributed by atoms with Crippen LogP contribution in [-0.4, -0.2) is 31.6 Å². The van der Waals surface area contributed by atoms with Crippen molar-refractivity contribution in [2.24, 2.45) is 0 Å². The molecule has 0 aliphatic heterocycles. The van der Waals surface area contributed by atoms with E-state index in [-0.39, 0.29) is 11.8 Å². The molecule has 0 saturated heterocycles. The Labute approximate surface area is 189 Å². The van der Waals surface area contributed by atoms with Gasteiger partial charge in [-0.1, -0.05) is 54.6 Å². The summed E-state index contributed by atoms with van der Waals surface area (Å²) < 4.78 is 25.2. The van der Waals surface area contributed by atoms with Crippen LogP contribution in [0.4, 0.5) is 4.39 Å². The summed E-state index contributed by atoms with van der Waals surface area (Å²) in [7, 11) is 3.29. The highest BCUT2D eigenvalue weighted by Gasteiger charge is 2.10. The quantitative estimate of drug-likeness (QED) is 0.379. The largest absolute Gasteiger partial charge is 0.489 e.